The van der Waals surface area contributed by atoms with Crippen molar-refractivity contribution in [2.75, 3.05) is 14.1 Å². The van der Waals surface area contributed by atoms with Crippen molar-refractivity contribution in [1.29, 1.82) is 0 Å². The quantitative estimate of drug-likeness (QED) is 0.843. The Morgan fingerprint density at radius 3 is 2.43 bits per heavy atom. The van der Waals surface area contributed by atoms with Crippen LogP contribution in [0.25, 0.3) is 0 Å². The van der Waals surface area contributed by atoms with E-state index < -0.39 is 10.0 Å². The fraction of sp³-hybridized carbons (Fsp3) is 0.500. The van der Waals surface area contributed by atoms with E-state index in [2.05, 4.69) is 0 Å². The topological polar surface area (TPSA) is 57.6 Å². The number of nitrogens with zero attached hydrogens (tertiary/aromatic N) is 1. The van der Waals surface area contributed by atoms with Gasteiger partial charge in [0, 0.05) is 19.0 Å². The van der Waals surface area contributed by atoms with Crippen LogP contribution in [-0.2, 0) is 16.6 Å². The summed E-state index contributed by atoms with van der Waals surface area (Å²) in [6, 6.07) is 1.59. The summed E-state index contributed by atoms with van der Waals surface area (Å²) in [6.07, 6.45) is 0. The number of hydrogen-bond acceptors (Lipinski definition) is 4. The molecule has 4 nitrogen and oxygen atoms in total. The maximum atomic E-state index is 11.7. The van der Waals surface area contributed by atoms with Gasteiger partial charge in [-0.2, -0.15) is 0 Å². The van der Waals surface area contributed by atoms with E-state index in [-0.39, 0.29) is 10.8 Å². The van der Waals surface area contributed by atoms with Crippen LogP contribution in [0.15, 0.2) is 10.3 Å². The smallest absolute Gasteiger partial charge is 0.252 e. The Morgan fingerprint density at radius 2 is 2.07 bits per heavy atom. The molecule has 6 heteroatoms. The summed E-state index contributed by atoms with van der Waals surface area (Å²) in [4.78, 5) is 0.699. The molecule has 0 saturated carbocycles. The van der Waals surface area contributed by atoms with E-state index in [4.69, 9.17) is 5.11 Å². The molecule has 80 valence electrons. The van der Waals surface area contributed by atoms with Gasteiger partial charge in [-0.25, -0.2) is 12.7 Å². The van der Waals surface area contributed by atoms with Gasteiger partial charge in [0.25, 0.3) is 10.0 Å². The monoisotopic (exact) mass is 235 g/mol. The molecule has 14 heavy (non-hydrogen) atoms. The summed E-state index contributed by atoms with van der Waals surface area (Å²) in [7, 11) is -0.370. The molecule has 1 rings (SSSR count). The summed E-state index contributed by atoms with van der Waals surface area (Å²) >= 11 is 1.12. The van der Waals surface area contributed by atoms with Gasteiger partial charge in [-0.3, -0.25) is 0 Å². The second-order valence-corrected chi connectivity index (χ2v) is 6.63. The van der Waals surface area contributed by atoms with Gasteiger partial charge >= 0.3 is 0 Å². The van der Waals surface area contributed by atoms with Gasteiger partial charge in [0.2, 0.25) is 0 Å². The minimum absolute atomic E-state index is 0.112. The number of thiophene rings is 1. The van der Waals surface area contributed by atoms with Crippen molar-refractivity contribution in [2.24, 2.45) is 0 Å². The molecule has 0 fully saturated rings. The van der Waals surface area contributed by atoms with Crippen LogP contribution in [0.3, 0.4) is 0 Å². The maximum Gasteiger partial charge on any atom is 0.252 e. The minimum atomic E-state index is -3.35. The van der Waals surface area contributed by atoms with E-state index in [1.807, 2.05) is 0 Å². The van der Waals surface area contributed by atoms with Gasteiger partial charge in [0.1, 0.15) is 4.21 Å². The van der Waals surface area contributed by atoms with Gasteiger partial charge in [-0.1, -0.05) is 0 Å². The lowest BCUT2D eigenvalue weighted by atomic mass is 10.3. The number of rotatable bonds is 3. The molecule has 0 atom stereocenters. The SMILES string of the molecule is Cc1cc(S(=O)(=O)N(C)C)sc1CO. The van der Waals surface area contributed by atoms with Gasteiger partial charge < -0.3 is 5.11 Å². The van der Waals surface area contributed by atoms with Crippen LogP contribution in [0.1, 0.15) is 10.4 Å². The Bertz CT molecular complexity index is 420. The van der Waals surface area contributed by atoms with Crippen LogP contribution < -0.4 is 0 Å². The molecule has 0 aliphatic rings. The number of sulfonamides is 1. The second-order valence-electron chi connectivity index (χ2n) is 3.12. The van der Waals surface area contributed by atoms with E-state index in [0.717, 1.165) is 16.9 Å². The van der Waals surface area contributed by atoms with Crippen molar-refractivity contribution in [2.45, 2.75) is 17.7 Å². The lowest BCUT2D eigenvalue weighted by Gasteiger charge is -2.08. The zero-order valence-corrected chi connectivity index (χ0v) is 9.94. The minimum Gasteiger partial charge on any atom is -0.391 e. The van der Waals surface area contributed by atoms with Crippen molar-refractivity contribution in [3.8, 4) is 0 Å². The average Bonchev–Trinajstić information content (AvgIpc) is 2.47. The second kappa shape index (κ2) is 3.98. The van der Waals surface area contributed by atoms with Crippen LogP contribution in [0, 0.1) is 6.92 Å². The van der Waals surface area contributed by atoms with E-state index in [9.17, 15) is 8.42 Å². The number of aliphatic hydroxyl groups is 1. The molecule has 0 unspecified atom stereocenters. The van der Waals surface area contributed by atoms with Crippen molar-refractivity contribution < 1.29 is 13.5 Å². The van der Waals surface area contributed by atoms with Crippen molar-refractivity contribution in [1.82, 2.24) is 4.31 Å². The molecule has 1 aromatic rings. The third kappa shape index (κ3) is 1.98. The Balaban J connectivity index is 3.22. The van der Waals surface area contributed by atoms with Gasteiger partial charge in [-0.15, -0.1) is 11.3 Å². The molecule has 0 aromatic carbocycles. The van der Waals surface area contributed by atoms with E-state index in [0.29, 0.717) is 4.88 Å². The Morgan fingerprint density at radius 1 is 1.50 bits per heavy atom. The Kier molecular flexibility index (Phi) is 3.31. The normalized spacial score (nSPS) is 12.4. The fourth-order valence-electron chi connectivity index (χ4n) is 0.953. The first-order valence-corrected chi connectivity index (χ1v) is 6.28. The Hall–Kier alpha value is -0.430. The van der Waals surface area contributed by atoms with Crippen LogP contribution >= 0.6 is 11.3 Å². The largest absolute Gasteiger partial charge is 0.391 e. The standard InChI is InChI=1S/C8H13NO3S2/c1-6-4-8(13-7(6)5-10)14(11,12)9(2)3/h4,10H,5H2,1-3H3. The average molecular weight is 235 g/mol. The molecule has 0 spiro atoms. The first kappa shape index (κ1) is 11.6. The molecular weight excluding hydrogens is 222 g/mol. The summed E-state index contributed by atoms with van der Waals surface area (Å²) in [5.41, 5.74) is 0.818. The molecular formula is C8H13NO3S2. The van der Waals surface area contributed by atoms with Crippen molar-refractivity contribution in [3.05, 3.63) is 16.5 Å². The predicted octanol–water partition coefficient (Wildman–Crippen LogP) is 0.799. The highest BCUT2D eigenvalue weighted by atomic mass is 32.2. The summed E-state index contributed by atoms with van der Waals surface area (Å²) in [5, 5.41) is 8.94. The third-order valence-corrected chi connectivity index (χ3v) is 5.36. The van der Waals surface area contributed by atoms with Gasteiger partial charge in [0.05, 0.1) is 6.61 Å². The number of aryl methyl sites for hydroxylation is 1. The molecule has 0 radical (unpaired) electrons. The summed E-state index contributed by atoms with van der Waals surface area (Å²) in [5.74, 6) is 0. The number of aliphatic hydroxyl groups excluding tert-OH is 1. The van der Waals surface area contributed by atoms with Crippen LogP contribution in [0.4, 0.5) is 0 Å². The highest BCUT2D eigenvalue weighted by Crippen LogP contribution is 2.27. The van der Waals surface area contributed by atoms with Crippen LogP contribution in [0.2, 0.25) is 0 Å². The van der Waals surface area contributed by atoms with Gasteiger partial charge in [-0.05, 0) is 18.6 Å². The molecule has 0 bridgehead atoms. The molecule has 0 aliphatic heterocycles. The lowest BCUT2D eigenvalue weighted by molar-refractivity contribution is 0.285. The molecule has 1 aromatic heterocycles. The molecule has 0 aliphatic carbocycles. The fourth-order valence-corrected chi connectivity index (χ4v) is 3.57. The lowest BCUT2D eigenvalue weighted by Crippen LogP contribution is -2.21. The third-order valence-electron chi connectivity index (χ3n) is 1.88. The first-order chi connectivity index (χ1) is 6.39. The van der Waals surface area contributed by atoms with E-state index in [1.165, 1.54) is 18.4 Å². The van der Waals surface area contributed by atoms with Crippen molar-refractivity contribution >= 4 is 21.4 Å². The summed E-state index contributed by atoms with van der Waals surface area (Å²) < 4.78 is 24.8. The first-order valence-electron chi connectivity index (χ1n) is 4.02. The van der Waals surface area contributed by atoms with Crippen LogP contribution in [0.5, 0.6) is 0 Å². The summed E-state index contributed by atoms with van der Waals surface area (Å²) in [6.45, 7) is 1.68. The molecule has 0 amide bonds. The highest BCUT2D eigenvalue weighted by molar-refractivity contribution is 7.91. The predicted molar refractivity (Wildman–Crippen MR) is 55.9 cm³/mol. The van der Waals surface area contributed by atoms with E-state index >= 15 is 0 Å². The molecule has 0 saturated heterocycles. The zero-order valence-electron chi connectivity index (χ0n) is 8.31. The number of hydrogen-bond donors (Lipinski definition) is 1. The Labute approximate surface area is 87.8 Å². The van der Waals surface area contributed by atoms with E-state index in [1.54, 1.807) is 13.0 Å². The molecule has 1 heterocycles. The zero-order chi connectivity index (χ0) is 10.9. The van der Waals surface area contributed by atoms with Crippen molar-refractivity contribution in [3.63, 3.8) is 0 Å². The highest BCUT2D eigenvalue weighted by Gasteiger charge is 2.20. The van der Waals surface area contributed by atoms with Gasteiger partial charge in [0.15, 0.2) is 0 Å². The maximum absolute atomic E-state index is 11.7. The molecule has 1 N–H and O–H groups in total. The van der Waals surface area contributed by atoms with Crippen LogP contribution in [-0.4, -0.2) is 31.9 Å².